The molecule has 6 heteroatoms. The van der Waals surface area contributed by atoms with E-state index in [0.717, 1.165) is 16.6 Å². The minimum atomic E-state index is -0.255. The van der Waals surface area contributed by atoms with Crippen molar-refractivity contribution in [2.24, 2.45) is 0 Å². The summed E-state index contributed by atoms with van der Waals surface area (Å²) in [6.45, 7) is 2.01. The predicted molar refractivity (Wildman–Crippen MR) is 111 cm³/mol. The quantitative estimate of drug-likeness (QED) is 0.396. The second-order valence-electron chi connectivity index (χ2n) is 6.12. The van der Waals surface area contributed by atoms with Crippen molar-refractivity contribution in [3.63, 3.8) is 0 Å². The van der Waals surface area contributed by atoms with Gasteiger partial charge in [-0.15, -0.1) is 0 Å². The molecular weight excluding hydrogens is 428 g/mol. The third-order valence-electron chi connectivity index (χ3n) is 4.12. The number of anilines is 1. The lowest BCUT2D eigenvalue weighted by atomic mass is 10.1. The highest BCUT2D eigenvalue weighted by Crippen LogP contribution is 2.31. The Morgan fingerprint density at radius 3 is 2.74 bits per heavy atom. The van der Waals surface area contributed by atoms with Crippen LogP contribution in [0.3, 0.4) is 0 Å². The van der Waals surface area contributed by atoms with E-state index in [1.165, 1.54) is 0 Å². The number of rotatable bonds is 3. The highest BCUT2D eigenvalue weighted by molar-refractivity contribution is 9.10. The largest absolute Gasteiger partial charge is 0.436 e. The molecular formula is C21H14BrClN2O2. The fraction of sp³-hybridized carbons (Fsp3) is 0.0476. The Kier molecular flexibility index (Phi) is 4.72. The number of hydrogen-bond acceptors (Lipinski definition) is 3. The molecule has 0 saturated heterocycles. The molecule has 1 amide bonds. The van der Waals surface area contributed by atoms with Crippen molar-refractivity contribution in [3.8, 4) is 11.5 Å². The van der Waals surface area contributed by atoms with E-state index in [1.54, 1.807) is 24.3 Å². The summed E-state index contributed by atoms with van der Waals surface area (Å²) in [5.74, 6) is 0.221. The van der Waals surface area contributed by atoms with Crippen LogP contribution in [0.1, 0.15) is 15.9 Å². The number of amides is 1. The molecule has 0 fully saturated rings. The maximum Gasteiger partial charge on any atom is 0.256 e. The molecule has 27 heavy (non-hydrogen) atoms. The third-order valence-corrected chi connectivity index (χ3v) is 5.14. The van der Waals surface area contributed by atoms with Crippen LogP contribution in [0.25, 0.3) is 22.6 Å². The topological polar surface area (TPSA) is 55.1 Å². The maximum atomic E-state index is 12.6. The molecule has 0 atom stereocenters. The van der Waals surface area contributed by atoms with Crippen molar-refractivity contribution in [1.29, 1.82) is 0 Å². The number of benzene rings is 3. The van der Waals surface area contributed by atoms with Gasteiger partial charge >= 0.3 is 0 Å². The molecule has 0 unspecified atom stereocenters. The van der Waals surface area contributed by atoms with E-state index in [2.05, 4.69) is 26.2 Å². The standard InChI is InChI=1S/C21H14BrClN2O2/c1-12-6-9-19-18(10-12)25-21(27-19)13-7-8-16(23)17(11-13)24-20(26)14-4-2-3-5-15(14)22/h2-11H,1H3,(H,24,26). The molecule has 0 aliphatic carbocycles. The van der Waals surface area contributed by atoms with Gasteiger partial charge in [-0.05, 0) is 70.9 Å². The third kappa shape index (κ3) is 3.61. The Labute approximate surface area is 169 Å². The first-order valence-corrected chi connectivity index (χ1v) is 9.41. The van der Waals surface area contributed by atoms with Gasteiger partial charge in [0, 0.05) is 10.0 Å². The predicted octanol–water partition coefficient (Wildman–Crippen LogP) is 6.47. The molecule has 0 aliphatic heterocycles. The lowest BCUT2D eigenvalue weighted by Crippen LogP contribution is -2.12. The van der Waals surface area contributed by atoms with Crippen molar-refractivity contribution in [2.75, 3.05) is 5.32 Å². The van der Waals surface area contributed by atoms with E-state index in [-0.39, 0.29) is 5.91 Å². The second kappa shape index (κ2) is 7.18. The van der Waals surface area contributed by atoms with Crippen LogP contribution >= 0.6 is 27.5 Å². The number of nitrogens with zero attached hydrogens (tertiary/aromatic N) is 1. The lowest BCUT2D eigenvalue weighted by Gasteiger charge is -2.09. The molecule has 0 aliphatic rings. The lowest BCUT2D eigenvalue weighted by molar-refractivity contribution is 0.102. The number of aryl methyl sites for hydroxylation is 1. The molecule has 4 aromatic rings. The highest BCUT2D eigenvalue weighted by atomic mass is 79.9. The number of halogens is 2. The average Bonchev–Trinajstić information content (AvgIpc) is 3.07. The monoisotopic (exact) mass is 440 g/mol. The van der Waals surface area contributed by atoms with E-state index in [1.807, 2.05) is 43.3 Å². The first-order valence-electron chi connectivity index (χ1n) is 8.24. The number of carbonyl (C=O) groups excluding carboxylic acids is 1. The number of fused-ring (bicyclic) bond motifs is 1. The highest BCUT2D eigenvalue weighted by Gasteiger charge is 2.14. The van der Waals surface area contributed by atoms with Gasteiger partial charge in [0.1, 0.15) is 5.52 Å². The Morgan fingerprint density at radius 2 is 1.93 bits per heavy atom. The maximum absolute atomic E-state index is 12.6. The minimum Gasteiger partial charge on any atom is -0.436 e. The van der Waals surface area contributed by atoms with Gasteiger partial charge in [-0.25, -0.2) is 4.98 Å². The molecule has 0 spiro atoms. The second-order valence-corrected chi connectivity index (χ2v) is 7.38. The van der Waals surface area contributed by atoms with Crippen LogP contribution in [-0.4, -0.2) is 10.9 Å². The minimum absolute atomic E-state index is 0.255. The smallest absolute Gasteiger partial charge is 0.256 e. The number of nitrogens with one attached hydrogen (secondary N) is 1. The molecule has 3 aromatic carbocycles. The molecule has 1 heterocycles. The van der Waals surface area contributed by atoms with Crippen LogP contribution in [0.2, 0.25) is 5.02 Å². The number of carbonyl (C=O) groups is 1. The summed E-state index contributed by atoms with van der Waals surface area (Å²) in [5.41, 5.74) is 4.36. The Hall–Kier alpha value is -2.63. The van der Waals surface area contributed by atoms with Crippen LogP contribution in [0.15, 0.2) is 69.6 Å². The van der Waals surface area contributed by atoms with Gasteiger partial charge in [0.05, 0.1) is 16.3 Å². The molecule has 1 N–H and O–H groups in total. The molecule has 0 radical (unpaired) electrons. The van der Waals surface area contributed by atoms with Gasteiger partial charge in [-0.2, -0.15) is 0 Å². The van der Waals surface area contributed by atoms with Crippen LogP contribution < -0.4 is 5.32 Å². The fourth-order valence-corrected chi connectivity index (χ4v) is 3.38. The van der Waals surface area contributed by atoms with E-state index < -0.39 is 0 Å². The van der Waals surface area contributed by atoms with E-state index in [9.17, 15) is 4.79 Å². The summed E-state index contributed by atoms with van der Waals surface area (Å²) in [7, 11) is 0. The molecule has 4 rings (SSSR count). The first kappa shape index (κ1) is 17.8. The molecule has 0 bridgehead atoms. The van der Waals surface area contributed by atoms with Crippen LogP contribution in [0, 0.1) is 6.92 Å². The van der Waals surface area contributed by atoms with Crippen LogP contribution in [0.4, 0.5) is 5.69 Å². The van der Waals surface area contributed by atoms with E-state index in [0.29, 0.717) is 32.2 Å². The molecule has 0 saturated carbocycles. The number of hydrogen-bond donors (Lipinski definition) is 1. The van der Waals surface area contributed by atoms with E-state index >= 15 is 0 Å². The number of aromatic nitrogens is 1. The van der Waals surface area contributed by atoms with Crippen molar-refractivity contribution in [2.45, 2.75) is 6.92 Å². The van der Waals surface area contributed by atoms with Gasteiger partial charge in [0.25, 0.3) is 5.91 Å². The zero-order valence-electron chi connectivity index (χ0n) is 14.3. The summed E-state index contributed by atoms with van der Waals surface area (Å²) in [5, 5.41) is 3.29. The Bertz CT molecular complexity index is 1170. The number of oxazole rings is 1. The Balaban J connectivity index is 1.68. The van der Waals surface area contributed by atoms with Gasteiger partial charge in [0.2, 0.25) is 5.89 Å². The van der Waals surface area contributed by atoms with Crippen molar-refractivity contribution in [1.82, 2.24) is 4.98 Å². The summed E-state index contributed by atoms with van der Waals surface area (Å²) in [6, 6.07) is 18.3. The SMILES string of the molecule is Cc1ccc2oc(-c3ccc(Cl)c(NC(=O)c4ccccc4Br)c3)nc2c1. The molecule has 134 valence electrons. The molecule has 1 aromatic heterocycles. The first-order chi connectivity index (χ1) is 13.0. The summed E-state index contributed by atoms with van der Waals surface area (Å²) in [4.78, 5) is 17.1. The Morgan fingerprint density at radius 1 is 1.11 bits per heavy atom. The summed E-state index contributed by atoms with van der Waals surface area (Å²) >= 11 is 9.66. The van der Waals surface area contributed by atoms with E-state index in [4.69, 9.17) is 16.0 Å². The van der Waals surface area contributed by atoms with Crippen LogP contribution in [-0.2, 0) is 0 Å². The van der Waals surface area contributed by atoms with Crippen molar-refractivity contribution < 1.29 is 9.21 Å². The zero-order chi connectivity index (χ0) is 19.0. The van der Waals surface area contributed by atoms with Gasteiger partial charge in [-0.3, -0.25) is 4.79 Å². The summed E-state index contributed by atoms with van der Waals surface area (Å²) in [6.07, 6.45) is 0. The van der Waals surface area contributed by atoms with Crippen LogP contribution in [0.5, 0.6) is 0 Å². The molecule has 4 nitrogen and oxygen atoms in total. The fourth-order valence-electron chi connectivity index (χ4n) is 2.75. The van der Waals surface area contributed by atoms with Gasteiger partial charge in [0.15, 0.2) is 5.58 Å². The normalized spacial score (nSPS) is 10.9. The van der Waals surface area contributed by atoms with Gasteiger partial charge in [-0.1, -0.05) is 29.8 Å². The van der Waals surface area contributed by atoms with Gasteiger partial charge < -0.3 is 9.73 Å². The summed E-state index contributed by atoms with van der Waals surface area (Å²) < 4.78 is 6.55. The van der Waals surface area contributed by atoms with Crippen molar-refractivity contribution in [3.05, 3.63) is 81.3 Å². The van der Waals surface area contributed by atoms with Crippen molar-refractivity contribution >= 4 is 50.2 Å². The zero-order valence-corrected chi connectivity index (χ0v) is 16.6. The average molecular weight is 442 g/mol.